The van der Waals surface area contributed by atoms with Gasteiger partial charge in [0.15, 0.2) is 11.5 Å². The van der Waals surface area contributed by atoms with Crippen LogP contribution >= 0.6 is 23.2 Å². The molecule has 0 aliphatic carbocycles. The van der Waals surface area contributed by atoms with Gasteiger partial charge in [-0.25, -0.2) is 4.79 Å². The summed E-state index contributed by atoms with van der Waals surface area (Å²) in [6, 6.07) is 8.11. The topological polar surface area (TPSA) is 54.0 Å². The van der Waals surface area contributed by atoms with E-state index in [-0.39, 0.29) is 12.2 Å². The average Bonchev–Trinajstić information content (AvgIpc) is 2.59. The molecule has 7 heteroatoms. The third-order valence-corrected chi connectivity index (χ3v) is 4.04. The molecule has 2 aromatic carbocycles. The highest BCUT2D eigenvalue weighted by Crippen LogP contribution is 2.35. The zero-order valence-corrected chi connectivity index (χ0v) is 14.9. The predicted octanol–water partition coefficient (Wildman–Crippen LogP) is 4.38. The lowest BCUT2D eigenvalue weighted by molar-refractivity contribution is 0.0469. The number of hydrogen-bond donors (Lipinski definition) is 0. The summed E-state index contributed by atoms with van der Waals surface area (Å²) in [7, 11) is 4.42. The molecule has 0 saturated carbocycles. The minimum atomic E-state index is -0.594. The van der Waals surface area contributed by atoms with Crippen LogP contribution in [0.5, 0.6) is 17.2 Å². The molecule has 0 bridgehead atoms. The summed E-state index contributed by atoms with van der Waals surface area (Å²) < 4.78 is 20.9. The van der Waals surface area contributed by atoms with E-state index in [1.165, 1.54) is 27.4 Å². The summed E-state index contributed by atoms with van der Waals surface area (Å²) >= 11 is 12.1. The Kier molecular flexibility index (Phi) is 6.17. The number of rotatable bonds is 6. The molecule has 5 nitrogen and oxygen atoms in total. The highest BCUT2D eigenvalue weighted by Gasteiger charge is 2.19. The van der Waals surface area contributed by atoms with Crippen LogP contribution < -0.4 is 14.2 Å². The molecule has 0 aliphatic rings. The molecule has 0 fully saturated rings. The summed E-state index contributed by atoms with van der Waals surface area (Å²) in [5.41, 5.74) is 0.743. The molecule has 0 amide bonds. The van der Waals surface area contributed by atoms with Gasteiger partial charge in [-0.05, 0) is 12.1 Å². The zero-order chi connectivity index (χ0) is 17.7. The third kappa shape index (κ3) is 3.86. The summed E-state index contributed by atoms with van der Waals surface area (Å²) in [5, 5.41) is 0.851. The number of methoxy groups -OCH3 is 3. The fraction of sp³-hybridized carbons (Fsp3) is 0.235. The van der Waals surface area contributed by atoms with Crippen LogP contribution in [0.1, 0.15) is 15.9 Å². The molecule has 128 valence electrons. The van der Waals surface area contributed by atoms with E-state index in [0.29, 0.717) is 32.9 Å². The van der Waals surface area contributed by atoms with Crippen LogP contribution in [0.25, 0.3) is 0 Å². The largest absolute Gasteiger partial charge is 0.496 e. The number of esters is 1. The Morgan fingerprint density at radius 3 is 2.00 bits per heavy atom. The zero-order valence-electron chi connectivity index (χ0n) is 13.4. The van der Waals surface area contributed by atoms with Gasteiger partial charge in [-0.1, -0.05) is 29.3 Å². The molecule has 0 radical (unpaired) electrons. The van der Waals surface area contributed by atoms with Crippen LogP contribution in [0.3, 0.4) is 0 Å². The number of carbonyl (C=O) groups is 1. The van der Waals surface area contributed by atoms with Crippen molar-refractivity contribution in [2.75, 3.05) is 21.3 Å². The molecule has 0 aromatic heterocycles. The maximum absolute atomic E-state index is 12.4. The van der Waals surface area contributed by atoms with Crippen molar-refractivity contribution in [1.82, 2.24) is 0 Å². The minimum absolute atomic E-state index is 0.0607. The van der Waals surface area contributed by atoms with Crippen LogP contribution in [0.2, 0.25) is 10.0 Å². The Balaban J connectivity index is 2.26. The molecular formula is C17H16Cl2O5. The van der Waals surface area contributed by atoms with E-state index < -0.39 is 5.97 Å². The minimum Gasteiger partial charge on any atom is -0.496 e. The van der Waals surface area contributed by atoms with Crippen molar-refractivity contribution in [3.63, 3.8) is 0 Å². The molecule has 0 N–H and O–H groups in total. The van der Waals surface area contributed by atoms with Gasteiger partial charge in [0.25, 0.3) is 0 Å². The van der Waals surface area contributed by atoms with Crippen LogP contribution in [-0.2, 0) is 11.3 Å². The van der Waals surface area contributed by atoms with E-state index in [0.717, 1.165) is 0 Å². The number of carbonyl (C=O) groups excluding carboxylic acids is 1. The van der Waals surface area contributed by atoms with E-state index in [1.807, 2.05) is 0 Å². The monoisotopic (exact) mass is 370 g/mol. The van der Waals surface area contributed by atoms with Gasteiger partial charge >= 0.3 is 5.97 Å². The average molecular weight is 371 g/mol. The molecule has 2 aromatic rings. The van der Waals surface area contributed by atoms with Gasteiger partial charge in [-0.2, -0.15) is 0 Å². The van der Waals surface area contributed by atoms with E-state index in [2.05, 4.69) is 0 Å². The van der Waals surface area contributed by atoms with Crippen molar-refractivity contribution in [2.24, 2.45) is 0 Å². The molecule has 2 rings (SSSR count). The standard InChI is InChI=1S/C17H16Cl2O5/c1-21-14-8-16(23-3)15(22-2)7-10(14)17(20)24-9-11-12(18)5-4-6-13(11)19/h4-8H,9H2,1-3H3. The molecule has 0 aliphatic heterocycles. The Morgan fingerprint density at radius 1 is 0.917 bits per heavy atom. The van der Waals surface area contributed by atoms with Crippen LogP contribution in [-0.4, -0.2) is 27.3 Å². The lowest BCUT2D eigenvalue weighted by atomic mass is 10.1. The van der Waals surface area contributed by atoms with Gasteiger partial charge in [0.1, 0.15) is 17.9 Å². The van der Waals surface area contributed by atoms with Crippen molar-refractivity contribution in [3.8, 4) is 17.2 Å². The van der Waals surface area contributed by atoms with Crippen LogP contribution in [0.15, 0.2) is 30.3 Å². The first-order chi connectivity index (χ1) is 11.5. The van der Waals surface area contributed by atoms with E-state index in [4.69, 9.17) is 42.1 Å². The van der Waals surface area contributed by atoms with E-state index in [1.54, 1.807) is 24.3 Å². The lowest BCUT2D eigenvalue weighted by Gasteiger charge is -2.14. The molecule has 0 unspecified atom stereocenters. The second-order valence-electron chi connectivity index (χ2n) is 4.68. The van der Waals surface area contributed by atoms with Gasteiger partial charge in [0.2, 0.25) is 0 Å². The van der Waals surface area contributed by atoms with Crippen LogP contribution in [0.4, 0.5) is 0 Å². The normalized spacial score (nSPS) is 10.2. The maximum atomic E-state index is 12.4. The van der Waals surface area contributed by atoms with Gasteiger partial charge < -0.3 is 18.9 Å². The predicted molar refractivity (Wildman–Crippen MR) is 91.7 cm³/mol. The first-order valence-corrected chi connectivity index (χ1v) is 7.67. The fourth-order valence-corrected chi connectivity index (χ4v) is 2.58. The van der Waals surface area contributed by atoms with Gasteiger partial charge in [0.05, 0.1) is 21.3 Å². The number of ether oxygens (including phenoxy) is 4. The van der Waals surface area contributed by atoms with Gasteiger partial charge in [-0.15, -0.1) is 0 Å². The molecule has 24 heavy (non-hydrogen) atoms. The maximum Gasteiger partial charge on any atom is 0.342 e. The molecule has 0 spiro atoms. The molecule has 0 heterocycles. The summed E-state index contributed by atoms with van der Waals surface area (Å²) in [6.07, 6.45) is 0. The Hall–Kier alpha value is -2.11. The third-order valence-electron chi connectivity index (χ3n) is 3.33. The van der Waals surface area contributed by atoms with Crippen molar-refractivity contribution < 1.29 is 23.7 Å². The van der Waals surface area contributed by atoms with Crippen molar-refractivity contribution in [3.05, 3.63) is 51.5 Å². The van der Waals surface area contributed by atoms with Gasteiger partial charge in [0, 0.05) is 27.7 Å². The fourth-order valence-electron chi connectivity index (χ4n) is 2.07. The first-order valence-electron chi connectivity index (χ1n) is 6.91. The highest BCUT2D eigenvalue weighted by molar-refractivity contribution is 6.35. The first kappa shape index (κ1) is 18.2. The summed E-state index contributed by atoms with van der Waals surface area (Å²) in [5.74, 6) is 0.549. The second kappa shape index (κ2) is 8.13. The molecule has 0 atom stereocenters. The molecule has 0 saturated heterocycles. The SMILES string of the molecule is COc1cc(OC)c(C(=O)OCc2c(Cl)cccc2Cl)cc1OC. The van der Waals surface area contributed by atoms with E-state index >= 15 is 0 Å². The smallest absolute Gasteiger partial charge is 0.342 e. The Morgan fingerprint density at radius 2 is 1.46 bits per heavy atom. The van der Waals surface area contributed by atoms with E-state index in [9.17, 15) is 4.79 Å². The number of benzene rings is 2. The summed E-state index contributed by atoms with van der Waals surface area (Å²) in [6.45, 7) is -0.0607. The van der Waals surface area contributed by atoms with Crippen LogP contribution in [0, 0.1) is 0 Å². The van der Waals surface area contributed by atoms with Crippen molar-refractivity contribution >= 4 is 29.2 Å². The second-order valence-corrected chi connectivity index (χ2v) is 5.50. The lowest BCUT2D eigenvalue weighted by Crippen LogP contribution is -2.08. The number of halogens is 2. The quantitative estimate of drug-likeness (QED) is 0.706. The Bertz CT molecular complexity index is 726. The van der Waals surface area contributed by atoms with Gasteiger partial charge in [-0.3, -0.25) is 0 Å². The number of hydrogen-bond acceptors (Lipinski definition) is 5. The molecular weight excluding hydrogens is 355 g/mol. The summed E-state index contributed by atoms with van der Waals surface area (Å²) in [4.78, 5) is 12.4. The van der Waals surface area contributed by atoms with Crippen molar-refractivity contribution in [2.45, 2.75) is 6.61 Å². The van der Waals surface area contributed by atoms with Crippen molar-refractivity contribution in [1.29, 1.82) is 0 Å². The highest BCUT2D eigenvalue weighted by atomic mass is 35.5. The Labute approximate surface area is 150 Å².